The van der Waals surface area contributed by atoms with E-state index >= 15 is 0 Å². The summed E-state index contributed by atoms with van der Waals surface area (Å²) in [7, 11) is 0. The van der Waals surface area contributed by atoms with Gasteiger partial charge in [-0.05, 0) is 37.1 Å². The minimum atomic E-state index is 0.256. The van der Waals surface area contributed by atoms with Crippen LogP contribution in [0.2, 0.25) is 0 Å². The highest BCUT2D eigenvalue weighted by molar-refractivity contribution is 5.74. The molecule has 0 N–H and O–H groups in total. The molecule has 7 nitrogen and oxygen atoms in total. The number of para-hydroxylation sites is 2. The smallest absolute Gasteiger partial charge is 0.298 e. The van der Waals surface area contributed by atoms with E-state index < -0.39 is 0 Å². The zero-order valence-electron chi connectivity index (χ0n) is 18.3. The van der Waals surface area contributed by atoms with Gasteiger partial charge in [0.1, 0.15) is 17.9 Å². The molecule has 7 heteroatoms. The Hall–Kier alpha value is -3.08. The number of hydrogen-bond acceptors (Lipinski definition) is 7. The van der Waals surface area contributed by atoms with E-state index in [9.17, 15) is 0 Å². The van der Waals surface area contributed by atoms with Gasteiger partial charge in [0.2, 0.25) is 0 Å². The summed E-state index contributed by atoms with van der Waals surface area (Å²) >= 11 is 0. The molecule has 2 aliphatic heterocycles. The van der Waals surface area contributed by atoms with Crippen molar-refractivity contribution in [3.8, 4) is 11.8 Å². The largest absolute Gasteiger partial charge is 0.423 e. The molecular weight excluding hydrogens is 402 g/mol. The highest BCUT2D eigenvalue weighted by atomic mass is 16.5. The van der Waals surface area contributed by atoms with Crippen molar-refractivity contribution in [1.29, 1.82) is 0 Å². The first-order valence-corrected chi connectivity index (χ1v) is 11.4. The molecule has 2 aliphatic rings. The minimum Gasteiger partial charge on any atom is -0.423 e. The van der Waals surface area contributed by atoms with Crippen molar-refractivity contribution in [2.24, 2.45) is 0 Å². The van der Waals surface area contributed by atoms with Crippen LogP contribution in [-0.2, 0) is 4.74 Å². The van der Waals surface area contributed by atoms with E-state index in [1.54, 1.807) is 0 Å². The molecule has 0 radical (unpaired) electrons. The standard InChI is InChI=1S/C25H29N5O2/c1-2-8-23-22(7-1)27-25(32-23)30-14-10-21(11-15-30)31-20-6-5-13-28-16-18-29(19-17-28)24-9-3-4-12-26-24/h1-4,7-9,12,21H,10-11,13-20H2. The minimum absolute atomic E-state index is 0.256. The third kappa shape index (κ3) is 5.04. The summed E-state index contributed by atoms with van der Waals surface area (Å²) in [4.78, 5) is 16.0. The van der Waals surface area contributed by atoms with E-state index in [4.69, 9.17) is 9.15 Å². The molecule has 0 aliphatic carbocycles. The van der Waals surface area contributed by atoms with Crippen molar-refractivity contribution in [2.75, 3.05) is 62.2 Å². The van der Waals surface area contributed by atoms with Crippen molar-refractivity contribution in [3.63, 3.8) is 0 Å². The molecule has 32 heavy (non-hydrogen) atoms. The van der Waals surface area contributed by atoms with Gasteiger partial charge in [-0.1, -0.05) is 30.0 Å². The number of oxazole rings is 1. The van der Waals surface area contributed by atoms with Gasteiger partial charge in [0.15, 0.2) is 5.58 Å². The van der Waals surface area contributed by atoms with E-state index in [1.165, 1.54) is 0 Å². The van der Waals surface area contributed by atoms with Gasteiger partial charge in [0.25, 0.3) is 6.01 Å². The van der Waals surface area contributed by atoms with Crippen LogP contribution >= 0.6 is 0 Å². The Morgan fingerprint density at radius 3 is 2.50 bits per heavy atom. The lowest BCUT2D eigenvalue weighted by Crippen LogP contribution is -2.46. The number of aromatic nitrogens is 2. The lowest BCUT2D eigenvalue weighted by Gasteiger charge is -2.34. The second kappa shape index (κ2) is 10.0. The summed E-state index contributed by atoms with van der Waals surface area (Å²) in [5.41, 5.74) is 1.75. The second-order valence-electron chi connectivity index (χ2n) is 8.27. The molecule has 0 atom stereocenters. The first-order valence-electron chi connectivity index (χ1n) is 11.4. The molecule has 2 saturated heterocycles. The predicted octanol–water partition coefficient (Wildman–Crippen LogP) is 3.03. The first kappa shape index (κ1) is 20.8. The molecule has 0 bridgehead atoms. The summed E-state index contributed by atoms with van der Waals surface area (Å²) in [6.45, 7) is 7.11. The van der Waals surface area contributed by atoms with Crippen LogP contribution in [0.3, 0.4) is 0 Å². The lowest BCUT2D eigenvalue weighted by molar-refractivity contribution is 0.0588. The Labute approximate surface area is 189 Å². The maximum atomic E-state index is 6.00. The van der Waals surface area contributed by atoms with E-state index in [2.05, 4.69) is 42.6 Å². The van der Waals surface area contributed by atoms with E-state index in [1.807, 2.05) is 42.6 Å². The van der Waals surface area contributed by atoms with Crippen molar-refractivity contribution < 1.29 is 9.15 Å². The second-order valence-corrected chi connectivity index (χ2v) is 8.27. The van der Waals surface area contributed by atoms with Crippen LogP contribution in [0, 0.1) is 11.8 Å². The Bertz CT molecular complexity index is 1020. The average Bonchev–Trinajstić information content (AvgIpc) is 3.30. The molecule has 2 fully saturated rings. The van der Waals surface area contributed by atoms with Gasteiger partial charge < -0.3 is 19.0 Å². The first-order chi connectivity index (χ1) is 15.8. The predicted molar refractivity (Wildman–Crippen MR) is 126 cm³/mol. The number of ether oxygens (including phenoxy) is 1. The van der Waals surface area contributed by atoms with Crippen LogP contribution in [0.4, 0.5) is 11.8 Å². The van der Waals surface area contributed by atoms with Crippen LogP contribution in [0.25, 0.3) is 11.1 Å². The molecule has 0 spiro atoms. The van der Waals surface area contributed by atoms with Crippen LogP contribution in [0.5, 0.6) is 0 Å². The Kier molecular flexibility index (Phi) is 6.52. The van der Waals surface area contributed by atoms with Crippen LogP contribution in [0.1, 0.15) is 12.8 Å². The van der Waals surface area contributed by atoms with Crippen molar-refractivity contribution in [1.82, 2.24) is 14.9 Å². The fourth-order valence-electron chi connectivity index (χ4n) is 4.26. The van der Waals surface area contributed by atoms with Gasteiger partial charge in [-0.3, -0.25) is 4.90 Å². The number of hydrogen-bond donors (Lipinski definition) is 0. The van der Waals surface area contributed by atoms with Gasteiger partial charge >= 0.3 is 0 Å². The number of pyridine rings is 1. The Morgan fingerprint density at radius 2 is 1.72 bits per heavy atom. The number of piperidine rings is 1. The Balaban J connectivity index is 0.997. The lowest BCUT2D eigenvalue weighted by atomic mass is 10.1. The van der Waals surface area contributed by atoms with Gasteiger partial charge in [-0.15, -0.1) is 0 Å². The summed E-state index contributed by atoms with van der Waals surface area (Å²) in [6.07, 6.45) is 4.05. The van der Waals surface area contributed by atoms with Crippen molar-refractivity contribution in [3.05, 3.63) is 48.7 Å². The van der Waals surface area contributed by atoms with Crippen molar-refractivity contribution in [2.45, 2.75) is 18.9 Å². The maximum absolute atomic E-state index is 6.00. The molecule has 2 aromatic heterocycles. The Morgan fingerprint density at radius 1 is 0.906 bits per heavy atom. The third-order valence-corrected chi connectivity index (χ3v) is 6.16. The quantitative estimate of drug-likeness (QED) is 0.576. The van der Waals surface area contributed by atoms with Gasteiger partial charge in [-0.2, -0.15) is 4.98 Å². The van der Waals surface area contributed by atoms with Gasteiger partial charge in [0, 0.05) is 45.5 Å². The SMILES string of the molecule is C(#CCN1CCN(c2ccccn2)CC1)COC1CCN(c2nc3ccccc3o2)CC1. The average molecular weight is 432 g/mol. The van der Waals surface area contributed by atoms with Crippen LogP contribution in [-0.4, -0.2) is 73.4 Å². The topological polar surface area (TPSA) is 57.9 Å². The molecule has 0 amide bonds. The summed E-state index contributed by atoms with van der Waals surface area (Å²) in [6, 6.07) is 14.7. The molecule has 0 saturated carbocycles. The summed E-state index contributed by atoms with van der Waals surface area (Å²) in [5, 5.41) is 0. The molecule has 1 aromatic carbocycles. The molecule has 4 heterocycles. The number of nitrogens with zero attached hydrogens (tertiary/aromatic N) is 5. The number of anilines is 2. The zero-order valence-corrected chi connectivity index (χ0v) is 18.3. The third-order valence-electron chi connectivity index (χ3n) is 6.16. The normalized spacial score (nSPS) is 18.0. The number of benzene rings is 1. The summed E-state index contributed by atoms with van der Waals surface area (Å²) in [5.74, 6) is 7.54. The molecule has 3 aromatic rings. The number of fused-ring (bicyclic) bond motifs is 1. The van der Waals surface area contributed by atoms with Gasteiger partial charge in [0.05, 0.1) is 12.6 Å². The fourth-order valence-corrected chi connectivity index (χ4v) is 4.26. The highest BCUT2D eigenvalue weighted by Gasteiger charge is 2.23. The maximum Gasteiger partial charge on any atom is 0.298 e. The van der Waals surface area contributed by atoms with Crippen molar-refractivity contribution >= 4 is 22.9 Å². The van der Waals surface area contributed by atoms with Crippen LogP contribution < -0.4 is 9.80 Å². The highest BCUT2D eigenvalue weighted by Crippen LogP contribution is 2.25. The van der Waals surface area contributed by atoms with Crippen LogP contribution in [0.15, 0.2) is 53.1 Å². The molecular formula is C25H29N5O2. The molecule has 5 rings (SSSR count). The zero-order chi connectivity index (χ0) is 21.6. The molecule has 166 valence electrons. The summed E-state index contributed by atoms with van der Waals surface area (Å²) < 4.78 is 11.9. The molecule has 0 unspecified atom stereocenters. The van der Waals surface area contributed by atoms with E-state index in [0.717, 1.165) is 75.6 Å². The number of piperazine rings is 1. The van der Waals surface area contributed by atoms with Gasteiger partial charge in [-0.25, -0.2) is 4.98 Å². The monoisotopic (exact) mass is 431 g/mol. The van der Waals surface area contributed by atoms with E-state index in [-0.39, 0.29) is 6.10 Å². The van der Waals surface area contributed by atoms with E-state index in [0.29, 0.717) is 12.6 Å². The number of rotatable bonds is 5. The fraction of sp³-hybridized carbons (Fsp3) is 0.440.